The number of nitrogens with one attached hydrogen (secondary N) is 2. The number of carbonyl (C=O) groups excluding carboxylic acids is 3. The van der Waals surface area contributed by atoms with Crippen LogP contribution < -0.4 is 26.0 Å². The van der Waals surface area contributed by atoms with Crippen molar-refractivity contribution in [3.8, 4) is 11.5 Å². The third-order valence-corrected chi connectivity index (χ3v) is 8.51. The van der Waals surface area contributed by atoms with E-state index in [0.717, 1.165) is 63.1 Å². The molecule has 0 spiro atoms. The topological polar surface area (TPSA) is 184 Å². The number of phenols is 1. The second kappa shape index (κ2) is 26.5. The molecule has 1 saturated heterocycles. The molecule has 1 fully saturated rings. The normalized spacial score (nSPS) is 15.5. The lowest BCUT2D eigenvalue weighted by molar-refractivity contribution is -0.123. The SMILES string of the molecule is C[C@H]1C[C@H](CN/C=C/C(=O)c2ccccc2O)N(c2ccc(OCCCCCCCCC(=O)NCCOCCOCCOCCOCC(N)=O)cn2)C1. The number of anilines is 1. The molecule has 1 aliphatic heterocycles. The van der Waals surface area contributed by atoms with Crippen molar-refractivity contribution in [2.45, 2.75) is 64.3 Å². The monoisotopic (exact) mass is 741 g/mol. The molecule has 14 nitrogen and oxygen atoms in total. The summed E-state index contributed by atoms with van der Waals surface area (Å²) in [5, 5.41) is 16.0. The number of unbranched alkanes of at least 4 members (excludes halogenated alkanes) is 5. The van der Waals surface area contributed by atoms with E-state index in [2.05, 4.69) is 27.4 Å². The van der Waals surface area contributed by atoms with E-state index in [1.807, 2.05) is 12.1 Å². The van der Waals surface area contributed by atoms with Gasteiger partial charge in [0.1, 0.15) is 23.9 Å². The molecule has 2 amide bonds. The average Bonchev–Trinajstić information content (AvgIpc) is 3.52. The van der Waals surface area contributed by atoms with Gasteiger partial charge in [-0.05, 0) is 49.4 Å². The molecule has 0 aliphatic carbocycles. The van der Waals surface area contributed by atoms with Gasteiger partial charge >= 0.3 is 0 Å². The van der Waals surface area contributed by atoms with E-state index in [1.54, 1.807) is 30.6 Å². The van der Waals surface area contributed by atoms with Crippen LogP contribution in [0.1, 0.15) is 68.6 Å². The summed E-state index contributed by atoms with van der Waals surface area (Å²) in [7, 11) is 0. The molecule has 1 aromatic heterocycles. The molecule has 1 aromatic carbocycles. The Hall–Kier alpha value is -4.24. The molecule has 5 N–H and O–H groups in total. The fourth-order valence-corrected chi connectivity index (χ4v) is 5.83. The first-order chi connectivity index (χ1) is 25.8. The van der Waals surface area contributed by atoms with Crippen molar-refractivity contribution >= 4 is 23.4 Å². The molecule has 2 aromatic rings. The zero-order chi connectivity index (χ0) is 37.9. The molecular formula is C39H59N5O9. The Morgan fingerprint density at radius 2 is 1.57 bits per heavy atom. The second-order valence-electron chi connectivity index (χ2n) is 13.0. The summed E-state index contributed by atoms with van der Waals surface area (Å²) >= 11 is 0. The molecule has 0 saturated carbocycles. The summed E-state index contributed by atoms with van der Waals surface area (Å²) < 4.78 is 27.1. The number of primary amides is 1. The van der Waals surface area contributed by atoms with Gasteiger partial charge in [-0.2, -0.15) is 0 Å². The molecule has 14 heteroatoms. The van der Waals surface area contributed by atoms with Gasteiger partial charge in [-0.3, -0.25) is 14.4 Å². The van der Waals surface area contributed by atoms with Gasteiger partial charge in [-0.15, -0.1) is 0 Å². The summed E-state index contributed by atoms with van der Waals surface area (Å²) in [6.07, 6.45) is 12.6. The van der Waals surface area contributed by atoms with Crippen LogP contribution in [0.15, 0.2) is 54.9 Å². The molecule has 3 rings (SSSR count). The maximum Gasteiger partial charge on any atom is 0.243 e. The number of hydrogen-bond acceptors (Lipinski definition) is 12. The Bertz CT molecular complexity index is 1360. The van der Waals surface area contributed by atoms with E-state index in [9.17, 15) is 19.5 Å². The number of nitrogens with zero attached hydrogens (tertiary/aromatic N) is 2. The minimum atomic E-state index is -0.504. The number of para-hydroxylation sites is 1. The van der Waals surface area contributed by atoms with E-state index in [0.29, 0.717) is 78.3 Å². The van der Waals surface area contributed by atoms with Crippen molar-refractivity contribution in [2.75, 3.05) is 84.0 Å². The van der Waals surface area contributed by atoms with E-state index in [4.69, 9.17) is 29.4 Å². The average molecular weight is 742 g/mol. The number of benzene rings is 1. The molecule has 1 aliphatic rings. The predicted octanol–water partition coefficient (Wildman–Crippen LogP) is 3.77. The first-order valence-corrected chi connectivity index (χ1v) is 18.8. The van der Waals surface area contributed by atoms with Crippen molar-refractivity contribution in [1.29, 1.82) is 0 Å². The molecule has 0 unspecified atom stereocenters. The highest BCUT2D eigenvalue weighted by Crippen LogP contribution is 2.28. The van der Waals surface area contributed by atoms with Crippen LogP contribution in [0.25, 0.3) is 0 Å². The maximum atomic E-state index is 12.4. The first-order valence-electron chi connectivity index (χ1n) is 18.8. The summed E-state index contributed by atoms with van der Waals surface area (Å²) in [5.74, 6) is 1.48. The first kappa shape index (κ1) is 43.2. The molecule has 53 heavy (non-hydrogen) atoms. The largest absolute Gasteiger partial charge is 0.507 e. The third-order valence-electron chi connectivity index (χ3n) is 8.51. The summed E-state index contributed by atoms with van der Waals surface area (Å²) in [6.45, 7) is 7.70. The Morgan fingerprint density at radius 3 is 2.26 bits per heavy atom. The number of carbonyl (C=O) groups is 3. The minimum absolute atomic E-state index is 0.0222. The number of allylic oxidation sites excluding steroid dienone is 1. The van der Waals surface area contributed by atoms with Crippen LogP contribution in [0.3, 0.4) is 0 Å². The van der Waals surface area contributed by atoms with Crippen molar-refractivity contribution < 1.29 is 43.2 Å². The molecule has 294 valence electrons. The van der Waals surface area contributed by atoms with Crippen LogP contribution >= 0.6 is 0 Å². The van der Waals surface area contributed by atoms with Crippen LogP contribution in [0.4, 0.5) is 5.82 Å². The van der Waals surface area contributed by atoms with Crippen molar-refractivity contribution in [1.82, 2.24) is 15.6 Å². The van der Waals surface area contributed by atoms with E-state index < -0.39 is 5.91 Å². The van der Waals surface area contributed by atoms with E-state index >= 15 is 0 Å². The van der Waals surface area contributed by atoms with Crippen LogP contribution in [0.5, 0.6) is 11.5 Å². The number of ketones is 1. The molecule has 2 heterocycles. The van der Waals surface area contributed by atoms with Gasteiger partial charge in [-0.25, -0.2) is 4.98 Å². The third kappa shape index (κ3) is 18.9. The van der Waals surface area contributed by atoms with Gasteiger partial charge in [-0.1, -0.05) is 44.7 Å². The summed E-state index contributed by atoms with van der Waals surface area (Å²) in [5.41, 5.74) is 5.25. The highest BCUT2D eigenvalue weighted by molar-refractivity contribution is 6.06. The van der Waals surface area contributed by atoms with Crippen molar-refractivity contribution in [3.05, 3.63) is 60.4 Å². The van der Waals surface area contributed by atoms with Crippen LogP contribution in [-0.2, 0) is 28.5 Å². The Kier molecular flexibility index (Phi) is 21.6. The van der Waals surface area contributed by atoms with Gasteiger partial charge in [0.25, 0.3) is 0 Å². The minimum Gasteiger partial charge on any atom is -0.507 e. The standard InChI is InChI=1S/C39H59N5O9/c1-31-26-32(27-41-16-15-36(46)34-10-7-8-11-35(34)45)44(29-31)38-14-13-33(28-43-38)53-18-9-5-3-2-4-6-12-39(48)42-17-19-49-20-21-50-22-23-51-24-25-52-30-37(40)47/h7-8,10-11,13-16,28,31-32,41,45H,2-6,9,12,17-27,29-30H2,1H3,(H2,40,47)(H,42,48)/b16-15+/t31-,32+/m0/s1. The molecule has 0 bridgehead atoms. The van der Waals surface area contributed by atoms with Gasteiger partial charge in [0.05, 0.1) is 64.6 Å². The smallest absolute Gasteiger partial charge is 0.243 e. The van der Waals surface area contributed by atoms with Crippen LogP contribution in [0.2, 0.25) is 0 Å². The lowest BCUT2D eigenvalue weighted by Gasteiger charge is -2.25. The van der Waals surface area contributed by atoms with E-state index in [1.165, 1.54) is 12.1 Å². The lowest BCUT2D eigenvalue weighted by atomic mass is 10.1. The molecular weight excluding hydrogens is 682 g/mol. The van der Waals surface area contributed by atoms with E-state index in [-0.39, 0.29) is 35.7 Å². The fraction of sp³-hybridized carbons (Fsp3) is 0.590. The Balaban J connectivity index is 1.13. The molecule has 0 radical (unpaired) electrons. The number of aromatic hydroxyl groups is 1. The second-order valence-corrected chi connectivity index (χ2v) is 13.0. The van der Waals surface area contributed by atoms with Gasteiger partial charge in [0, 0.05) is 44.4 Å². The summed E-state index contributed by atoms with van der Waals surface area (Å²) in [6, 6.07) is 10.8. The lowest BCUT2D eigenvalue weighted by Crippen LogP contribution is -2.37. The number of ether oxygens (including phenoxy) is 5. The number of rotatable bonds is 30. The fourth-order valence-electron chi connectivity index (χ4n) is 5.83. The summed E-state index contributed by atoms with van der Waals surface area (Å²) in [4.78, 5) is 41.9. The maximum absolute atomic E-state index is 12.4. The number of nitrogens with two attached hydrogens (primary N) is 1. The Labute approximate surface area is 313 Å². The van der Waals surface area contributed by atoms with Crippen molar-refractivity contribution in [2.24, 2.45) is 11.7 Å². The highest BCUT2D eigenvalue weighted by Gasteiger charge is 2.30. The zero-order valence-electron chi connectivity index (χ0n) is 31.2. The van der Waals surface area contributed by atoms with Gasteiger partial charge < -0.3 is 50.1 Å². The number of amides is 2. The Morgan fingerprint density at radius 1 is 0.887 bits per heavy atom. The molecule has 2 atom stereocenters. The van der Waals surface area contributed by atoms with Gasteiger partial charge in [0.15, 0.2) is 5.78 Å². The van der Waals surface area contributed by atoms with Gasteiger partial charge in [0.2, 0.25) is 11.8 Å². The van der Waals surface area contributed by atoms with Crippen molar-refractivity contribution in [3.63, 3.8) is 0 Å². The predicted molar refractivity (Wildman–Crippen MR) is 202 cm³/mol. The highest BCUT2D eigenvalue weighted by atomic mass is 16.6. The van der Waals surface area contributed by atoms with Crippen LogP contribution in [0, 0.1) is 5.92 Å². The quantitative estimate of drug-likeness (QED) is 0.0518. The number of pyridine rings is 1. The zero-order valence-corrected chi connectivity index (χ0v) is 31.2. The number of aromatic nitrogens is 1. The van der Waals surface area contributed by atoms with Crippen LogP contribution in [-0.4, -0.2) is 113 Å². The number of hydrogen-bond donors (Lipinski definition) is 4. The number of phenolic OH excluding ortho intramolecular Hbond substituents is 1.